The summed E-state index contributed by atoms with van der Waals surface area (Å²) in [5.41, 5.74) is 2.91. The molecule has 3 aromatic carbocycles. The molecule has 2 aliphatic rings. The zero-order valence-corrected chi connectivity index (χ0v) is 17.5. The van der Waals surface area contributed by atoms with Gasteiger partial charge in [-0.15, -0.1) is 0 Å². The van der Waals surface area contributed by atoms with Crippen molar-refractivity contribution in [1.29, 1.82) is 0 Å². The molecule has 0 saturated carbocycles. The van der Waals surface area contributed by atoms with Gasteiger partial charge in [0.05, 0.1) is 6.42 Å². The Morgan fingerprint density at radius 2 is 1.63 bits per heavy atom. The third-order valence-electron chi connectivity index (χ3n) is 7.42. The highest BCUT2D eigenvalue weighted by Crippen LogP contribution is 2.48. The molecule has 0 aliphatic carbocycles. The van der Waals surface area contributed by atoms with Crippen molar-refractivity contribution in [2.45, 2.75) is 31.6 Å². The maximum atomic E-state index is 13.1. The van der Waals surface area contributed by atoms with Crippen LogP contribution in [0.1, 0.15) is 36.3 Å². The van der Waals surface area contributed by atoms with Gasteiger partial charge in [-0.05, 0) is 53.1 Å². The number of amides is 1. The topological polar surface area (TPSA) is 32.3 Å². The van der Waals surface area contributed by atoms with Gasteiger partial charge in [0.15, 0.2) is 0 Å². The van der Waals surface area contributed by atoms with Crippen molar-refractivity contribution in [1.82, 2.24) is 10.2 Å². The van der Waals surface area contributed by atoms with Crippen LogP contribution in [0.4, 0.5) is 0 Å². The van der Waals surface area contributed by atoms with Crippen molar-refractivity contribution in [2.75, 3.05) is 26.2 Å². The van der Waals surface area contributed by atoms with Gasteiger partial charge in [0.1, 0.15) is 0 Å². The molecule has 1 amide bonds. The first-order valence-electron chi connectivity index (χ1n) is 11.3. The number of fused-ring (bicyclic) bond motifs is 1. The molecule has 2 saturated heterocycles. The highest BCUT2D eigenvalue weighted by atomic mass is 16.2. The third-order valence-corrected chi connectivity index (χ3v) is 7.42. The largest absolute Gasteiger partial charge is 0.342 e. The third kappa shape index (κ3) is 3.63. The van der Waals surface area contributed by atoms with Crippen molar-refractivity contribution in [3.8, 4) is 0 Å². The number of piperidine rings is 2. The summed E-state index contributed by atoms with van der Waals surface area (Å²) in [6.07, 6.45) is 3.92. The Morgan fingerprint density at radius 1 is 0.900 bits per heavy atom. The molecule has 2 fully saturated rings. The van der Waals surface area contributed by atoms with Crippen LogP contribution in [0.2, 0.25) is 0 Å². The normalized spacial score (nSPS) is 21.1. The molecule has 0 aromatic heterocycles. The minimum Gasteiger partial charge on any atom is -0.342 e. The predicted octanol–water partition coefficient (Wildman–Crippen LogP) is 4.77. The average Bonchev–Trinajstić information content (AvgIpc) is 2.81. The number of carbonyl (C=O) groups excluding carboxylic acids is 1. The Kier molecular flexibility index (Phi) is 5.30. The highest BCUT2D eigenvalue weighted by Gasteiger charge is 2.44. The Hall–Kier alpha value is -2.65. The predicted molar refractivity (Wildman–Crippen MR) is 123 cm³/mol. The van der Waals surface area contributed by atoms with Crippen molar-refractivity contribution < 1.29 is 4.79 Å². The van der Waals surface area contributed by atoms with E-state index in [1.165, 1.54) is 22.8 Å². The highest BCUT2D eigenvalue weighted by molar-refractivity contribution is 5.90. The first-order chi connectivity index (χ1) is 14.8. The monoisotopic (exact) mass is 398 g/mol. The summed E-state index contributed by atoms with van der Waals surface area (Å²) in [4.78, 5) is 15.3. The van der Waals surface area contributed by atoms with Crippen molar-refractivity contribution >= 4 is 16.7 Å². The van der Waals surface area contributed by atoms with Gasteiger partial charge in [-0.2, -0.15) is 0 Å². The lowest BCUT2D eigenvalue weighted by atomic mass is 9.62. The second kappa shape index (κ2) is 8.23. The molecule has 3 nitrogen and oxygen atoms in total. The fourth-order valence-corrected chi connectivity index (χ4v) is 5.65. The number of nitrogens with one attached hydrogen (secondary N) is 1. The number of benzene rings is 3. The molecule has 154 valence electrons. The smallest absolute Gasteiger partial charge is 0.227 e. The van der Waals surface area contributed by atoms with Crippen molar-refractivity contribution in [3.63, 3.8) is 0 Å². The van der Waals surface area contributed by atoms with E-state index < -0.39 is 0 Å². The number of hydrogen-bond donors (Lipinski definition) is 1. The summed E-state index contributed by atoms with van der Waals surface area (Å²) in [6, 6.07) is 25.6. The fourth-order valence-electron chi connectivity index (χ4n) is 5.65. The van der Waals surface area contributed by atoms with E-state index in [1.54, 1.807) is 0 Å². The van der Waals surface area contributed by atoms with Crippen LogP contribution in [-0.4, -0.2) is 37.0 Å². The molecule has 3 heteroatoms. The maximum Gasteiger partial charge on any atom is 0.227 e. The molecular weight excluding hydrogens is 368 g/mol. The summed E-state index contributed by atoms with van der Waals surface area (Å²) < 4.78 is 0. The standard InChI is InChI=1S/C27H30N2O/c30-26(19-23-11-6-10-21-7-4-5-12-24(21)23)29-17-14-27(15-18-29)13-16-28-20-25(27)22-8-2-1-3-9-22/h1-12,25,28H,13-20H2. The van der Waals surface area contributed by atoms with Crippen LogP contribution in [0.15, 0.2) is 72.8 Å². The second-order valence-electron chi connectivity index (χ2n) is 8.98. The van der Waals surface area contributed by atoms with Gasteiger partial charge < -0.3 is 10.2 Å². The Balaban J connectivity index is 1.29. The minimum atomic E-state index is 0.270. The van der Waals surface area contributed by atoms with E-state index in [0.29, 0.717) is 17.8 Å². The van der Waals surface area contributed by atoms with Gasteiger partial charge in [0.2, 0.25) is 5.91 Å². The van der Waals surface area contributed by atoms with E-state index in [0.717, 1.165) is 44.6 Å². The van der Waals surface area contributed by atoms with E-state index >= 15 is 0 Å². The number of rotatable bonds is 3. The molecule has 1 atom stereocenters. The minimum absolute atomic E-state index is 0.270. The fraction of sp³-hybridized carbons (Fsp3) is 0.370. The van der Waals surface area contributed by atoms with Crippen molar-refractivity contribution in [3.05, 3.63) is 83.9 Å². The molecule has 0 radical (unpaired) electrons. The molecule has 5 rings (SSSR count). The van der Waals surface area contributed by atoms with Crippen LogP contribution in [0.5, 0.6) is 0 Å². The first kappa shape index (κ1) is 19.3. The van der Waals surface area contributed by atoms with Crippen molar-refractivity contribution in [2.24, 2.45) is 5.41 Å². The zero-order chi connectivity index (χ0) is 20.4. The van der Waals surface area contributed by atoms with Crippen LogP contribution in [0.25, 0.3) is 10.8 Å². The number of nitrogens with zero attached hydrogens (tertiary/aromatic N) is 1. The van der Waals surface area contributed by atoms with E-state index in [-0.39, 0.29) is 5.91 Å². The SMILES string of the molecule is O=C(Cc1cccc2ccccc12)N1CCC2(CCNCC2c2ccccc2)CC1. The van der Waals surface area contributed by atoms with Gasteiger partial charge in [-0.25, -0.2) is 0 Å². The Bertz CT molecular complexity index is 1020. The Morgan fingerprint density at radius 3 is 2.47 bits per heavy atom. The van der Waals surface area contributed by atoms with Crippen LogP contribution < -0.4 is 5.32 Å². The molecule has 1 spiro atoms. The molecule has 3 aromatic rings. The summed E-state index contributed by atoms with van der Waals surface area (Å²) >= 11 is 0. The van der Waals surface area contributed by atoms with Crippen LogP contribution in [0.3, 0.4) is 0 Å². The Labute approximate surface area is 179 Å². The van der Waals surface area contributed by atoms with Gasteiger partial charge in [0, 0.05) is 25.6 Å². The summed E-state index contributed by atoms with van der Waals surface area (Å²) in [5, 5.41) is 6.02. The zero-order valence-electron chi connectivity index (χ0n) is 17.5. The van der Waals surface area contributed by atoms with Gasteiger partial charge in [-0.1, -0.05) is 72.8 Å². The lowest BCUT2D eigenvalue weighted by Crippen LogP contribution is -2.51. The molecular formula is C27H30N2O. The van der Waals surface area contributed by atoms with E-state index in [2.05, 4.69) is 83.0 Å². The van der Waals surface area contributed by atoms with E-state index in [9.17, 15) is 4.79 Å². The molecule has 1 unspecified atom stereocenters. The molecule has 30 heavy (non-hydrogen) atoms. The first-order valence-corrected chi connectivity index (χ1v) is 11.3. The molecule has 2 aliphatic heterocycles. The molecule has 2 heterocycles. The quantitative estimate of drug-likeness (QED) is 0.689. The number of hydrogen-bond acceptors (Lipinski definition) is 2. The molecule has 0 bridgehead atoms. The molecule has 1 N–H and O–H groups in total. The van der Waals surface area contributed by atoms with Gasteiger partial charge in [-0.3, -0.25) is 4.79 Å². The number of likely N-dealkylation sites (tertiary alicyclic amines) is 1. The summed E-state index contributed by atoms with van der Waals surface area (Å²) in [7, 11) is 0. The second-order valence-corrected chi connectivity index (χ2v) is 8.98. The van der Waals surface area contributed by atoms with E-state index in [1.807, 2.05) is 0 Å². The van der Waals surface area contributed by atoms with Crippen LogP contribution >= 0.6 is 0 Å². The lowest BCUT2D eigenvalue weighted by molar-refractivity contribution is -0.133. The van der Waals surface area contributed by atoms with Crippen LogP contribution in [0, 0.1) is 5.41 Å². The number of carbonyl (C=O) groups is 1. The van der Waals surface area contributed by atoms with Gasteiger partial charge >= 0.3 is 0 Å². The lowest BCUT2D eigenvalue weighted by Gasteiger charge is -2.49. The van der Waals surface area contributed by atoms with Gasteiger partial charge in [0.25, 0.3) is 0 Å². The summed E-state index contributed by atoms with van der Waals surface area (Å²) in [6.45, 7) is 3.90. The van der Waals surface area contributed by atoms with Crippen LogP contribution in [-0.2, 0) is 11.2 Å². The summed E-state index contributed by atoms with van der Waals surface area (Å²) in [5.74, 6) is 0.814. The maximum absolute atomic E-state index is 13.1. The van der Waals surface area contributed by atoms with E-state index in [4.69, 9.17) is 0 Å². The average molecular weight is 399 g/mol.